The van der Waals surface area contributed by atoms with Gasteiger partial charge >= 0.3 is 0 Å². The standard InChI is InChI=1S/C36H52O6/c1-21(2)34(5,39)30-31(42-30)35(6,40)28-15-17-36(41)26-19-27(38)25-18-24(37)14-16-32(25,3)29(26)23(20-33(28,36)4)13-12-22-10-8-7-9-11-22/h7-11,19,21,23-25,28-31,37,39-41H,12-18,20H2,1-6H3. The molecule has 0 bridgehead atoms. The van der Waals surface area contributed by atoms with E-state index in [4.69, 9.17) is 4.74 Å². The normalized spacial score (nSPS) is 45.7. The van der Waals surface area contributed by atoms with Gasteiger partial charge in [-0.25, -0.2) is 0 Å². The molecule has 4 fully saturated rings. The summed E-state index contributed by atoms with van der Waals surface area (Å²) in [7, 11) is 0. The molecule has 6 heteroatoms. The van der Waals surface area contributed by atoms with E-state index < -0.39 is 40.5 Å². The Kier molecular flexibility index (Phi) is 7.23. The molecule has 3 saturated carbocycles. The maximum Gasteiger partial charge on any atom is 0.159 e. The maximum absolute atomic E-state index is 13.8. The third-order valence-electron chi connectivity index (χ3n) is 13.3. The predicted octanol–water partition coefficient (Wildman–Crippen LogP) is 5.00. The molecule has 4 aliphatic carbocycles. The highest BCUT2D eigenvalue weighted by Crippen LogP contribution is 2.71. The quantitative estimate of drug-likeness (QED) is 0.338. The minimum atomic E-state index is -1.25. The van der Waals surface area contributed by atoms with Crippen molar-refractivity contribution in [1.82, 2.24) is 0 Å². The Labute approximate surface area is 251 Å². The zero-order valence-electron chi connectivity index (χ0n) is 26.3. The number of carbonyl (C=O) groups excluding carboxylic acids is 1. The summed E-state index contributed by atoms with van der Waals surface area (Å²) in [6.07, 6.45) is 5.97. The molecule has 1 aromatic carbocycles. The Balaban J connectivity index is 1.39. The van der Waals surface area contributed by atoms with Crippen LogP contribution in [-0.4, -0.2) is 61.3 Å². The number of epoxide rings is 1. The molecule has 6 nitrogen and oxygen atoms in total. The van der Waals surface area contributed by atoms with Crippen LogP contribution in [0.3, 0.4) is 0 Å². The monoisotopic (exact) mass is 580 g/mol. The molecule has 6 rings (SSSR count). The molecule has 1 saturated heterocycles. The number of ether oxygens (including phenoxy) is 1. The number of carbonyl (C=O) groups is 1. The van der Waals surface area contributed by atoms with Gasteiger partial charge in [0.05, 0.1) is 22.9 Å². The lowest BCUT2D eigenvalue weighted by Gasteiger charge is -2.63. The summed E-state index contributed by atoms with van der Waals surface area (Å²) in [6.45, 7) is 11.9. The molecule has 0 aromatic heterocycles. The second-order valence-electron chi connectivity index (χ2n) is 15.9. The van der Waals surface area contributed by atoms with Crippen LogP contribution in [0, 0.1) is 40.4 Å². The van der Waals surface area contributed by atoms with Gasteiger partial charge in [0.1, 0.15) is 12.2 Å². The maximum atomic E-state index is 13.8. The molecule has 1 heterocycles. The smallest absolute Gasteiger partial charge is 0.159 e. The summed E-state index contributed by atoms with van der Waals surface area (Å²) in [4.78, 5) is 13.8. The summed E-state index contributed by atoms with van der Waals surface area (Å²) >= 11 is 0. The summed E-state index contributed by atoms with van der Waals surface area (Å²) < 4.78 is 6.06. The van der Waals surface area contributed by atoms with Crippen molar-refractivity contribution in [2.75, 3.05) is 0 Å². The minimum Gasteiger partial charge on any atom is -0.393 e. The highest BCUT2D eigenvalue weighted by molar-refractivity contribution is 5.95. The number of hydrogen-bond donors (Lipinski definition) is 4. The molecule has 12 atom stereocenters. The average Bonchev–Trinajstić information content (AvgIpc) is 3.70. The van der Waals surface area contributed by atoms with Gasteiger partial charge in [0, 0.05) is 11.3 Å². The van der Waals surface area contributed by atoms with Crippen LogP contribution < -0.4 is 0 Å². The lowest BCUT2D eigenvalue weighted by Crippen LogP contribution is -2.63. The van der Waals surface area contributed by atoms with Crippen LogP contribution in [0.4, 0.5) is 0 Å². The van der Waals surface area contributed by atoms with Crippen LogP contribution in [0.2, 0.25) is 0 Å². The Bertz CT molecular complexity index is 1240. The highest BCUT2D eigenvalue weighted by atomic mass is 16.6. The number of rotatable bonds is 7. The molecular formula is C36H52O6. The molecule has 0 radical (unpaired) electrons. The largest absolute Gasteiger partial charge is 0.393 e. The van der Waals surface area contributed by atoms with E-state index in [9.17, 15) is 25.2 Å². The van der Waals surface area contributed by atoms with E-state index >= 15 is 0 Å². The van der Waals surface area contributed by atoms with Gasteiger partial charge in [-0.3, -0.25) is 4.79 Å². The zero-order chi connectivity index (χ0) is 30.5. The molecule has 5 aliphatic rings. The summed E-state index contributed by atoms with van der Waals surface area (Å²) in [5, 5.41) is 46.8. The van der Waals surface area contributed by atoms with Gasteiger partial charge in [-0.05, 0) is 112 Å². The highest BCUT2D eigenvalue weighted by Gasteiger charge is 2.73. The van der Waals surface area contributed by atoms with E-state index in [-0.39, 0.29) is 40.8 Å². The molecule has 0 amide bonds. The lowest BCUT2D eigenvalue weighted by atomic mass is 9.43. The first-order chi connectivity index (χ1) is 19.6. The first kappa shape index (κ1) is 30.5. The van der Waals surface area contributed by atoms with E-state index in [0.717, 1.165) is 31.3 Å². The first-order valence-corrected chi connectivity index (χ1v) is 16.4. The van der Waals surface area contributed by atoms with Crippen molar-refractivity contribution in [1.29, 1.82) is 0 Å². The van der Waals surface area contributed by atoms with Crippen LogP contribution >= 0.6 is 0 Å². The van der Waals surface area contributed by atoms with Gasteiger partial charge in [-0.15, -0.1) is 0 Å². The molecule has 42 heavy (non-hydrogen) atoms. The van der Waals surface area contributed by atoms with E-state index in [1.54, 1.807) is 13.0 Å². The summed E-state index contributed by atoms with van der Waals surface area (Å²) in [5.41, 5.74) is -2.36. The number of hydrogen-bond acceptors (Lipinski definition) is 6. The van der Waals surface area contributed by atoms with Gasteiger partial charge in [0.2, 0.25) is 0 Å². The summed E-state index contributed by atoms with van der Waals surface area (Å²) in [5.74, 6) is -0.230. The second-order valence-corrected chi connectivity index (χ2v) is 15.9. The van der Waals surface area contributed by atoms with Crippen LogP contribution in [-0.2, 0) is 16.0 Å². The van der Waals surface area contributed by atoms with Gasteiger partial charge in [0.15, 0.2) is 5.78 Å². The van der Waals surface area contributed by atoms with Crippen molar-refractivity contribution in [3.05, 3.63) is 47.5 Å². The fourth-order valence-corrected chi connectivity index (χ4v) is 10.4. The number of aliphatic hydroxyl groups excluding tert-OH is 1. The van der Waals surface area contributed by atoms with Gasteiger partial charge in [-0.1, -0.05) is 58.0 Å². The van der Waals surface area contributed by atoms with Crippen molar-refractivity contribution in [2.45, 2.75) is 128 Å². The SMILES string of the molecule is CC(C)C(C)(O)C1OC1C(C)(O)C1CCC2(O)C3=CC(=O)C4CC(O)CCC4(C)C3C(CCc3ccccc3)CC12C. The molecule has 1 aliphatic heterocycles. The van der Waals surface area contributed by atoms with Crippen molar-refractivity contribution in [2.24, 2.45) is 40.4 Å². The van der Waals surface area contributed by atoms with Gasteiger partial charge in [-0.2, -0.15) is 0 Å². The number of fused-ring (bicyclic) bond motifs is 5. The molecule has 0 spiro atoms. The molecule has 232 valence electrons. The molecule has 4 N–H and O–H groups in total. The van der Waals surface area contributed by atoms with Crippen molar-refractivity contribution < 1.29 is 30.0 Å². The summed E-state index contributed by atoms with van der Waals surface area (Å²) in [6, 6.07) is 10.5. The van der Waals surface area contributed by atoms with Gasteiger partial charge in [0.25, 0.3) is 0 Å². The second kappa shape index (κ2) is 9.97. The molecular weight excluding hydrogens is 528 g/mol. The predicted molar refractivity (Wildman–Crippen MR) is 161 cm³/mol. The van der Waals surface area contributed by atoms with Crippen LogP contribution in [0.5, 0.6) is 0 Å². The molecule has 12 unspecified atom stereocenters. The third kappa shape index (κ3) is 4.34. The fraction of sp³-hybridized carbons (Fsp3) is 0.750. The van der Waals surface area contributed by atoms with Crippen LogP contribution in [0.25, 0.3) is 0 Å². The van der Waals surface area contributed by atoms with E-state index in [1.807, 2.05) is 26.8 Å². The van der Waals surface area contributed by atoms with Gasteiger partial charge < -0.3 is 25.2 Å². The van der Waals surface area contributed by atoms with E-state index in [0.29, 0.717) is 25.7 Å². The van der Waals surface area contributed by atoms with Crippen molar-refractivity contribution in [3.63, 3.8) is 0 Å². The van der Waals surface area contributed by atoms with Crippen LogP contribution in [0.15, 0.2) is 42.0 Å². The third-order valence-corrected chi connectivity index (χ3v) is 13.3. The average molecular weight is 581 g/mol. The minimum absolute atomic E-state index is 0.0293. The van der Waals surface area contributed by atoms with E-state index in [2.05, 4.69) is 38.1 Å². The van der Waals surface area contributed by atoms with E-state index in [1.165, 1.54) is 5.56 Å². The Morgan fingerprint density at radius 2 is 1.74 bits per heavy atom. The topological polar surface area (TPSA) is 111 Å². The zero-order valence-corrected chi connectivity index (χ0v) is 26.3. The van der Waals surface area contributed by atoms with Crippen molar-refractivity contribution in [3.8, 4) is 0 Å². The number of ketones is 1. The number of benzene rings is 1. The Morgan fingerprint density at radius 3 is 2.40 bits per heavy atom. The van der Waals surface area contributed by atoms with Crippen LogP contribution in [0.1, 0.15) is 92.1 Å². The number of aliphatic hydroxyl groups is 4. The fourth-order valence-electron chi connectivity index (χ4n) is 10.4. The number of allylic oxidation sites excluding steroid dienone is 1. The molecule has 1 aromatic rings. The number of aryl methyl sites for hydroxylation is 1. The Morgan fingerprint density at radius 1 is 1.05 bits per heavy atom. The lowest BCUT2D eigenvalue weighted by molar-refractivity contribution is -0.165. The first-order valence-electron chi connectivity index (χ1n) is 16.4. The van der Waals surface area contributed by atoms with Crippen molar-refractivity contribution >= 4 is 5.78 Å². The Hall–Kier alpha value is -1.57.